The molecule has 0 radical (unpaired) electrons. The standard InChI is InChI=1S/C22H25N5O/c1-13-4-3-5-18(25-13)20-21(27-17-7-6-16(10-17)22(27)26-20)15-8-9-23-19(11-15)24-12-14(2)28/h3-5,8-9,11,14,16-17,28H,6-7,10,12H2,1-2H3,(H,23,24)/t14-,16+,17-/m0/s1. The normalized spacial score (nSPS) is 21.0. The van der Waals surface area contributed by atoms with Gasteiger partial charge in [0.05, 0.1) is 17.5 Å². The van der Waals surface area contributed by atoms with Crippen LogP contribution in [0.25, 0.3) is 22.6 Å². The fraction of sp³-hybridized carbons (Fsp3) is 0.409. The lowest BCUT2D eigenvalue weighted by Crippen LogP contribution is -2.16. The van der Waals surface area contributed by atoms with Gasteiger partial charge in [-0.3, -0.25) is 4.98 Å². The van der Waals surface area contributed by atoms with Gasteiger partial charge in [-0.15, -0.1) is 0 Å². The molecule has 6 nitrogen and oxygen atoms in total. The van der Waals surface area contributed by atoms with Gasteiger partial charge < -0.3 is 15.0 Å². The zero-order chi connectivity index (χ0) is 19.3. The van der Waals surface area contributed by atoms with Crippen molar-refractivity contribution < 1.29 is 5.11 Å². The maximum Gasteiger partial charge on any atom is 0.126 e. The molecule has 1 fully saturated rings. The number of aryl methyl sites for hydroxylation is 1. The number of rotatable bonds is 5. The molecule has 2 bridgehead atoms. The lowest BCUT2D eigenvalue weighted by molar-refractivity contribution is 0.208. The van der Waals surface area contributed by atoms with Crippen LogP contribution in [-0.4, -0.2) is 37.3 Å². The summed E-state index contributed by atoms with van der Waals surface area (Å²) >= 11 is 0. The van der Waals surface area contributed by atoms with Crippen LogP contribution in [0, 0.1) is 6.92 Å². The highest BCUT2D eigenvalue weighted by atomic mass is 16.3. The molecule has 4 heterocycles. The molecule has 1 aliphatic carbocycles. The fourth-order valence-electron chi connectivity index (χ4n) is 4.59. The van der Waals surface area contributed by atoms with Crippen LogP contribution >= 0.6 is 0 Å². The second-order valence-electron chi connectivity index (χ2n) is 8.02. The van der Waals surface area contributed by atoms with Crippen molar-refractivity contribution in [2.45, 2.75) is 51.2 Å². The van der Waals surface area contributed by atoms with E-state index in [4.69, 9.17) is 9.97 Å². The van der Waals surface area contributed by atoms with Gasteiger partial charge in [-0.1, -0.05) is 6.07 Å². The van der Waals surface area contributed by atoms with Crippen molar-refractivity contribution in [3.05, 3.63) is 48.0 Å². The predicted molar refractivity (Wildman–Crippen MR) is 109 cm³/mol. The van der Waals surface area contributed by atoms with Gasteiger partial charge in [0.25, 0.3) is 0 Å². The second-order valence-corrected chi connectivity index (χ2v) is 8.02. The minimum absolute atomic E-state index is 0.424. The SMILES string of the molecule is Cc1cccc(-c2nc3n(c2-c2ccnc(NC[C@H](C)O)c2)[C@H]2CC[C@@H]3C2)n1. The number of hydrogen-bond acceptors (Lipinski definition) is 5. The van der Waals surface area contributed by atoms with E-state index in [1.54, 1.807) is 6.92 Å². The zero-order valence-electron chi connectivity index (χ0n) is 16.3. The van der Waals surface area contributed by atoms with E-state index in [1.807, 2.05) is 37.4 Å². The third kappa shape index (κ3) is 2.88. The monoisotopic (exact) mass is 375 g/mol. The molecule has 0 unspecified atom stereocenters. The lowest BCUT2D eigenvalue weighted by Gasteiger charge is -2.18. The molecule has 3 aromatic heterocycles. The molecule has 0 aromatic carbocycles. The highest BCUT2D eigenvalue weighted by molar-refractivity contribution is 5.79. The number of imidazole rings is 1. The quantitative estimate of drug-likeness (QED) is 0.707. The van der Waals surface area contributed by atoms with E-state index in [0.29, 0.717) is 18.5 Å². The molecular weight excluding hydrogens is 350 g/mol. The van der Waals surface area contributed by atoms with Crippen LogP contribution in [0.2, 0.25) is 0 Å². The van der Waals surface area contributed by atoms with Crippen molar-refractivity contribution in [1.29, 1.82) is 0 Å². The second kappa shape index (κ2) is 6.71. The first kappa shape index (κ1) is 17.4. The zero-order valence-corrected chi connectivity index (χ0v) is 16.3. The van der Waals surface area contributed by atoms with Crippen LogP contribution in [0.4, 0.5) is 5.82 Å². The van der Waals surface area contributed by atoms with E-state index in [9.17, 15) is 5.11 Å². The van der Waals surface area contributed by atoms with E-state index >= 15 is 0 Å². The van der Waals surface area contributed by atoms with Crippen LogP contribution in [0.1, 0.15) is 49.7 Å². The van der Waals surface area contributed by atoms with Gasteiger partial charge in [0.15, 0.2) is 0 Å². The van der Waals surface area contributed by atoms with Crippen molar-refractivity contribution in [2.24, 2.45) is 0 Å². The van der Waals surface area contributed by atoms with Crippen LogP contribution < -0.4 is 5.32 Å². The first-order chi connectivity index (χ1) is 13.6. The molecule has 2 aliphatic rings. The van der Waals surface area contributed by atoms with Crippen LogP contribution in [0.3, 0.4) is 0 Å². The molecule has 3 atom stereocenters. The number of fused-ring (bicyclic) bond motifs is 5. The molecule has 1 saturated carbocycles. The highest BCUT2D eigenvalue weighted by Gasteiger charge is 2.41. The van der Waals surface area contributed by atoms with E-state index in [1.165, 1.54) is 25.1 Å². The molecule has 6 heteroatoms. The summed E-state index contributed by atoms with van der Waals surface area (Å²) in [5, 5.41) is 12.8. The summed E-state index contributed by atoms with van der Waals surface area (Å²) in [5.41, 5.74) is 5.11. The minimum atomic E-state index is -0.424. The molecular formula is C22H25N5O. The van der Waals surface area contributed by atoms with Crippen molar-refractivity contribution in [1.82, 2.24) is 19.5 Å². The van der Waals surface area contributed by atoms with E-state index in [0.717, 1.165) is 34.2 Å². The van der Waals surface area contributed by atoms with Gasteiger partial charge in [0.2, 0.25) is 0 Å². The number of anilines is 1. The van der Waals surface area contributed by atoms with Crippen molar-refractivity contribution in [2.75, 3.05) is 11.9 Å². The van der Waals surface area contributed by atoms with Crippen LogP contribution in [-0.2, 0) is 0 Å². The van der Waals surface area contributed by atoms with Gasteiger partial charge in [0.1, 0.15) is 17.3 Å². The number of aromatic nitrogens is 4. The Morgan fingerprint density at radius 2 is 2.14 bits per heavy atom. The molecule has 5 rings (SSSR count). The van der Waals surface area contributed by atoms with Crippen molar-refractivity contribution in [3.8, 4) is 22.6 Å². The average molecular weight is 375 g/mol. The minimum Gasteiger partial charge on any atom is -0.392 e. The third-order valence-corrected chi connectivity index (χ3v) is 5.82. The molecule has 0 saturated heterocycles. The molecule has 1 aliphatic heterocycles. The Morgan fingerprint density at radius 3 is 2.96 bits per heavy atom. The summed E-state index contributed by atoms with van der Waals surface area (Å²) in [6.07, 6.45) is 5.06. The number of nitrogens with one attached hydrogen (secondary N) is 1. The van der Waals surface area contributed by atoms with Crippen LogP contribution in [0.5, 0.6) is 0 Å². The number of pyridine rings is 2. The number of aliphatic hydroxyl groups excluding tert-OH is 1. The number of hydrogen-bond donors (Lipinski definition) is 2. The molecule has 2 N–H and O–H groups in total. The van der Waals surface area contributed by atoms with Crippen molar-refractivity contribution in [3.63, 3.8) is 0 Å². The Kier molecular flexibility index (Phi) is 4.16. The summed E-state index contributed by atoms with van der Waals surface area (Å²) in [4.78, 5) is 14.3. The smallest absolute Gasteiger partial charge is 0.126 e. The van der Waals surface area contributed by atoms with Gasteiger partial charge in [-0.2, -0.15) is 0 Å². The van der Waals surface area contributed by atoms with Gasteiger partial charge >= 0.3 is 0 Å². The van der Waals surface area contributed by atoms with Gasteiger partial charge in [-0.25, -0.2) is 9.97 Å². The van der Waals surface area contributed by atoms with E-state index in [2.05, 4.69) is 20.9 Å². The molecule has 28 heavy (non-hydrogen) atoms. The number of nitrogens with zero attached hydrogens (tertiary/aromatic N) is 4. The first-order valence-corrected chi connectivity index (χ1v) is 10.0. The van der Waals surface area contributed by atoms with Crippen LogP contribution in [0.15, 0.2) is 36.5 Å². The highest BCUT2D eigenvalue weighted by Crippen LogP contribution is 2.52. The Balaban J connectivity index is 1.65. The Hall–Kier alpha value is -2.73. The first-order valence-electron chi connectivity index (χ1n) is 10.0. The summed E-state index contributed by atoms with van der Waals surface area (Å²) in [7, 11) is 0. The third-order valence-electron chi connectivity index (χ3n) is 5.82. The molecule has 0 spiro atoms. The maximum absolute atomic E-state index is 9.57. The topological polar surface area (TPSA) is 75.9 Å². The molecule has 0 amide bonds. The fourth-order valence-corrected chi connectivity index (χ4v) is 4.59. The molecule has 144 valence electrons. The summed E-state index contributed by atoms with van der Waals surface area (Å²) in [6, 6.07) is 10.7. The van der Waals surface area contributed by atoms with Gasteiger partial charge in [0, 0.05) is 36.0 Å². The predicted octanol–water partition coefficient (Wildman–Crippen LogP) is 3.93. The largest absolute Gasteiger partial charge is 0.392 e. The Morgan fingerprint density at radius 1 is 1.25 bits per heavy atom. The Bertz CT molecular complexity index is 1030. The Labute approximate surface area is 164 Å². The van der Waals surface area contributed by atoms with E-state index < -0.39 is 6.10 Å². The summed E-state index contributed by atoms with van der Waals surface area (Å²) in [6.45, 7) is 4.25. The summed E-state index contributed by atoms with van der Waals surface area (Å²) < 4.78 is 2.45. The van der Waals surface area contributed by atoms with Crippen molar-refractivity contribution >= 4 is 5.82 Å². The maximum atomic E-state index is 9.57. The molecule has 3 aromatic rings. The number of aliphatic hydroxyl groups is 1. The van der Waals surface area contributed by atoms with E-state index in [-0.39, 0.29) is 0 Å². The summed E-state index contributed by atoms with van der Waals surface area (Å²) in [5.74, 6) is 2.54. The average Bonchev–Trinajstić information content (AvgIpc) is 3.38. The lowest BCUT2D eigenvalue weighted by atomic mass is 10.1. The van der Waals surface area contributed by atoms with Gasteiger partial charge in [-0.05, 0) is 57.4 Å².